The molecule has 0 aliphatic carbocycles. The largest absolute Gasteiger partial charge is 0.332 e. The molecule has 0 aromatic rings. The van der Waals surface area contributed by atoms with Gasteiger partial charge in [0.25, 0.3) is 0 Å². The fourth-order valence-corrected chi connectivity index (χ4v) is 2.38. The summed E-state index contributed by atoms with van der Waals surface area (Å²) in [4.78, 5) is 0. The van der Waals surface area contributed by atoms with Gasteiger partial charge >= 0.3 is 8.60 Å². The lowest BCUT2D eigenvalue weighted by Crippen LogP contribution is -2.10. The molecule has 0 aromatic heterocycles. The van der Waals surface area contributed by atoms with E-state index in [0.29, 0.717) is 17.8 Å². The summed E-state index contributed by atoms with van der Waals surface area (Å²) in [5, 5.41) is 0. The van der Waals surface area contributed by atoms with Crippen molar-refractivity contribution in [3.05, 3.63) is 0 Å². The lowest BCUT2D eigenvalue weighted by molar-refractivity contribution is 0.121. The minimum absolute atomic E-state index is 0.560. The summed E-state index contributed by atoms with van der Waals surface area (Å²) >= 11 is 0. The van der Waals surface area contributed by atoms with Gasteiger partial charge in [-0.3, -0.25) is 0 Å². The van der Waals surface area contributed by atoms with Gasteiger partial charge < -0.3 is 13.6 Å². The zero-order chi connectivity index (χ0) is 14.7. The van der Waals surface area contributed by atoms with Crippen molar-refractivity contribution in [1.29, 1.82) is 0 Å². The van der Waals surface area contributed by atoms with Crippen molar-refractivity contribution in [3.63, 3.8) is 0 Å². The first kappa shape index (κ1) is 19.3. The molecule has 0 aliphatic rings. The van der Waals surface area contributed by atoms with Crippen LogP contribution < -0.4 is 0 Å². The Morgan fingerprint density at radius 1 is 0.632 bits per heavy atom. The second-order valence-electron chi connectivity index (χ2n) is 5.65. The van der Waals surface area contributed by atoms with E-state index in [9.17, 15) is 0 Å². The van der Waals surface area contributed by atoms with Gasteiger partial charge in [-0.25, -0.2) is 0 Å². The van der Waals surface area contributed by atoms with Crippen LogP contribution in [0.3, 0.4) is 0 Å². The zero-order valence-electron chi connectivity index (χ0n) is 13.6. The van der Waals surface area contributed by atoms with Crippen LogP contribution in [0.15, 0.2) is 0 Å². The highest BCUT2D eigenvalue weighted by atomic mass is 31.2. The van der Waals surface area contributed by atoms with E-state index < -0.39 is 8.60 Å². The lowest BCUT2D eigenvalue weighted by atomic mass is 10.1. The molecule has 0 saturated heterocycles. The highest BCUT2D eigenvalue weighted by Gasteiger charge is 2.16. The molecule has 3 nitrogen and oxygen atoms in total. The number of hydrogen-bond acceptors (Lipinski definition) is 3. The molecule has 3 atom stereocenters. The van der Waals surface area contributed by atoms with Crippen LogP contribution in [0.4, 0.5) is 0 Å². The summed E-state index contributed by atoms with van der Waals surface area (Å²) in [6, 6.07) is 0. The van der Waals surface area contributed by atoms with Crippen molar-refractivity contribution in [2.24, 2.45) is 17.8 Å². The van der Waals surface area contributed by atoms with Crippen LogP contribution in [0, 0.1) is 17.8 Å². The zero-order valence-corrected chi connectivity index (χ0v) is 14.5. The van der Waals surface area contributed by atoms with Crippen molar-refractivity contribution in [2.75, 3.05) is 19.8 Å². The van der Waals surface area contributed by atoms with Crippen molar-refractivity contribution in [3.8, 4) is 0 Å². The summed E-state index contributed by atoms with van der Waals surface area (Å²) < 4.78 is 17.4. The van der Waals surface area contributed by atoms with Crippen LogP contribution in [0.5, 0.6) is 0 Å². The van der Waals surface area contributed by atoms with Crippen LogP contribution in [-0.2, 0) is 13.6 Å². The number of hydrogen-bond donors (Lipinski definition) is 0. The fourth-order valence-electron chi connectivity index (χ4n) is 1.03. The van der Waals surface area contributed by atoms with Gasteiger partial charge in [0.05, 0.1) is 19.8 Å². The van der Waals surface area contributed by atoms with Crippen molar-refractivity contribution < 1.29 is 13.6 Å². The van der Waals surface area contributed by atoms with E-state index in [0.717, 1.165) is 39.1 Å². The predicted molar refractivity (Wildman–Crippen MR) is 83.1 cm³/mol. The average Bonchev–Trinajstić information content (AvgIpc) is 2.44. The van der Waals surface area contributed by atoms with Gasteiger partial charge in [0.2, 0.25) is 0 Å². The Balaban J connectivity index is 4.06. The summed E-state index contributed by atoms with van der Waals surface area (Å²) in [7, 11) is -1.18. The molecule has 0 N–H and O–H groups in total. The van der Waals surface area contributed by atoms with Gasteiger partial charge in [0.15, 0.2) is 0 Å². The maximum absolute atomic E-state index is 5.80. The minimum Gasteiger partial charge on any atom is -0.312 e. The van der Waals surface area contributed by atoms with Gasteiger partial charge in [0.1, 0.15) is 0 Å². The molecule has 0 bridgehead atoms. The smallest absolute Gasteiger partial charge is 0.312 e. The first-order chi connectivity index (χ1) is 9.03. The highest BCUT2D eigenvalue weighted by molar-refractivity contribution is 7.41. The molecule has 0 radical (unpaired) electrons. The van der Waals surface area contributed by atoms with E-state index in [1.165, 1.54) is 0 Å². The van der Waals surface area contributed by atoms with Gasteiger partial charge in [-0.2, -0.15) is 0 Å². The Bertz CT molecular complexity index is 169. The molecule has 0 rings (SSSR count). The molecule has 116 valence electrons. The lowest BCUT2D eigenvalue weighted by Gasteiger charge is -2.21. The van der Waals surface area contributed by atoms with Crippen LogP contribution in [-0.4, -0.2) is 19.8 Å². The molecular weight excluding hydrogens is 259 g/mol. The topological polar surface area (TPSA) is 27.7 Å². The molecule has 4 heteroatoms. The number of rotatable bonds is 12. The third kappa shape index (κ3) is 10.7. The maximum atomic E-state index is 5.80. The highest BCUT2D eigenvalue weighted by Crippen LogP contribution is 2.41. The first-order valence-corrected chi connectivity index (χ1v) is 8.81. The second-order valence-corrected chi connectivity index (χ2v) is 6.87. The molecule has 0 aromatic carbocycles. The average molecular weight is 292 g/mol. The van der Waals surface area contributed by atoms with Gasteiger partial charge in [0, 0.05) is 0 Å². The first-order valence-electron chi connectivity index (χ1n) is 7.72. The Kier molecular flexibility index (Phi) is 12.3. The van der Waals surface area contributed by atoms with Gasteiger partial charge in [-0.1, -0.05) is 60.8 Å². The molecule has 19 heavy (non-hydrogen) atoms. The van der Waals surface area contributed by atoms with E-state index in [4.69, 9.17) is 13.6 Å². The standard InChI is InChI=1S/C15H33O3P/c1-7-13(4)10-16-19(17-11-14(5)8-2)18-12-15(6)9-3/h13-15H,7-12H2,1-6H3. The van der Waals surface area contributed by atoms with E-state index in [1.807, 2.05) is 0 Å². The predicted octanol–water partition coefficient (Wildman–Crippen LogP) is 5.40. The summed E-state index contributed by atoms with van der Waals surface area (Å²) in [6.45, 7) is 15.3. The monoisotopic (exact) mass is 292 g/mol. The molecule has 0 fully saturated rings. The van der Waals surface area contributed by atoms with E-state index in [-0.39, 0.29) is 0 Å². The van der Waals surface area contributed by atoms with Crippen LogP contribution in [0.2, 0.25) is 0 Å². The minimum atomic E-state index is -1.18. The van der Waals surface area contributed by atoms with E-state index >= 15 is 0 Å². The molecule has 3 unspecified atom stereocenters. The Morgan fingerprint density at radius 3 is 1.11 bits per heavy atom. The third-order valence-corrected chi connectivity index (χ3v) is 4.56. The van der Waals surface area contributed by atoms with Crippen molar-refractivity contribution in [1.82, 2.24) is 0 Å². The van der Waals surface area contributed by atoms with Crippen molar-refractivity contribution >= 4 is 8.60 Å². The Labute approximate surface area is 121 Å². The fraction of sp³-hybridized carbons (Fsp3) is 1.00. The maximum Gasteiger partial charge on any atom is 0.332 e. The van der Waals surface area contributed by atoms with Crippen LogP contribution in [0.1, 0.15) is 60.8 Å². The quantitative estimate of drug-likeness (QED) is 0.451. The van der Waals surface area contributed by atoms with Crippen LogP contribution >= 0.6 is 8.60 Å². The van der Waals surface area contributed by atoms with E-state index in [1.54, 1.807) is 0 Å². The van der Waals surface area contributed by atoms with Crippen LogP contribution in [0.25, 0.3) is 0 Å². The normalized spacial score (nSPS) is 18.0. The van der Waals surface area contributed by atoms with Gasteiger partial charge in [-0.05, 0) is 17.8 Å². The third-order valence-electron chi connectivity index (χ3n) is 3.48. The molecule has 0 spiro atoms. The summed E-state index contributed by atoms with van der Waals surface area (Å²) in [5.41, 5.74) is 0. The molecule has 0 aliphatic heterocycles. The molecule has 0 amide bonds. The Hall–Kier alpha value is 0.310. The second kappa shape index (κ2) is 12.1. The summed E-state index contributed by atoms with van der Waals surface area (Å²) in [5.74, 6) is 1.68. The van der Waals surface area contributed by atoms with Crippen molar-refractivity contribution in [2.45, 2.75) is 60.8 Å². The molecule has 0 heterocycles. The van der Waals surface area contributed by atoms with Gasteiger partial charge in [-0.15, -0.1) is 0 Å². The molecule has 0 saturated carbocycles. The Morgan fingerprint density at radius 2 is 0.895 bits per heavy atom. The van der Waals surface area contributed by atoms with E-state index in [2.05, 4.69) is 41.5 Å². The summed E-state index contributed by atoms with van der Waals surface area (Å²) in [6.07, 6.45) is 3.37. The SMILES string of the molecule is CCC(C)COP(OCC(C)CC)OCC(C)CC. The molecular formula is C15H33O3P.